The highest BCUT2D eigenvalue weighted by molar-refractivity contribution is 8.30. The van der Waals surface area contributed by atoms with Gasteiger partial charge in [-0.2, -0.15) is 0 Å². The Hall–Kier alpha value is -1.00. The van der Waals surface area contributed by atoms with Crippen LogP contribution in [0.3, 0.4) is 0 Å². The van der Waals surface area contributed by atoms with Gasteiger partial charge in [0.25, 0.3) is 0 Å². The van der Waals surface area contributed by atoms with E-state index in [4.69, 9.17) is 4.18 Å². The first-order valence-corrected chi connectivity index (χ1v) is 12.4. The minimum absolute atomic E-state index is 0.125. The fourth-order valence-electron chi connectivity index (χ4n) is 3.76. The van der Waals surface area contributed by atoms with Crippen LogP contribution in [0.1, 0.15) is 72.4 Å². The van der Waals surface area contributed by atoms with Gasteiger partial charge in [0, 0.05) is 17.7 Å². The van der Waals surface area contributed by atoms with Crippen molar-refractivity contribution < 1.29 is 8.98 Å². The largest absolute Gasteiger partial charge is 0.336 e. The number of hydrogen-bond donors (Lipinski definition) is 0. The molecule has 1 aromatic carbocycles. The molecule has 0 radical (unpaired) electrons. The Balaban J connectivity index is 2.02. The van der Waals surface area contributed by atoms with E-state index in [1.165, 1.54) is 5.56 Å². The van der Waals surface area contributed by atoms with Crippen LogP contribution in [0.4, 0.5) is 0 Å². The zero-order valence-corrected chi connectivity index (χ0v) is 19.2. The van der Waals surface area contributed by atoms with Crippen molar-refractivity contribution >= 4 is 16.2 Å². The van der Waals surface area contributed by atoms with E-state index in [9.17, 15) is 4.79 Å². The molecule has 154 valence electrons. The standard InChI is InChI=1S/C23H39NO2S/c1-8-27(7,22(3,4)5)26-17-16-23(6)15-14-21(25)24(18-23)19(2)20-12-10-9-11-13-20/h9-13,19H,8,14-18H2,1-7H3/t19-,23+/m1/s1. The van der Waals surface area contributed by atoms with E-state index in [1.54, 1.807) is 0 Å². The van der Waals surface area contributed by atoms with E-state index in [-0.39, 0.29) is 22.1 Å². The Morgan fingerprint density at radius 1 is 1.26 bits per heavy atom. The molecule has 27 heavy (non-hydrogen) atoms. The van der Waals surface area contributed by atoms with Crippen LogP contribution in [0.25, 0.3) is 0 Å². The van der Waals surface area contributed by atoms with Gasteiger partial charge in [0.2, 0.25) is 5.91 Å². The minimum Gasteiger partial charge on any atom is -0.336 e. The zero-order chi connectivity index (χ0) is 20.3. The maximum absolute atomic E-state index is 12.6. The number of piperidine rings is 1. The summed E-state index contributed by atoms with van der Waals surface area (Å²) in [5.41, 5.74) is 1.34. The smallest absolute Gasteiger partial charge is 0.223 e. The number of hydrogen-bond acceptors (Lipinski definition) is 2. The van der Waals surface area contributed by atoms with Crippen molar-refractivity contribution in [3.05, 3.63) is 35.9 Å². The minimum atomic E-state index is -1.08. The van der Waals surface area contributed by atoms with E-state index in [0.29, 0.717) is 6.42 Å². The molecule has 0 aliphatic carbocycles. The summed E-state index contributed by atoms with van der Waals surface area (Å²) in [4.78, 5) is 14.7. The summed E-state index contributed by atoms with van der Waals surface area (Å²) in [5.74, 6) is 1.37. The SMILES string of the molecule is CCS(C)(OCC[C@]1(C)CCC(=O)N([C@H](C)c2ccccc2)C1)C(C)(C)C. The fourth-order valence-corrected chi connectivity index (χ4v) is 5.60. The molecule has 0 bridgehead atoms. The van der Waals surface area contributed by atoms with E-state index in [2.05, 4.69) is 64.8 Å². The number of carbonyl (C=O) groups is 1. The van der Waals surface area contributed by atoms with Gasteiger partial charge >= 0.3 is 0 Å². The van der Waals surface area contributed by atoms with Gasteiger partial charge in [0.05, 0.1) is 12.6 Å². The van der Waals surface area contributed by atoms with Crippen LogP contribution in [-0.4, -0.2) is 40.7 Å². The molecule has 1 aliphatic heterocycles. The number of nitrogens with zero attached hydrogens (tertiary/aromatic N) is 1. The van der Waals surface area contributed by atoms with Gasteiger partial charge in [-0.3, -0.25) is 4.79 Å². The highest BCUT2D eigenvalue weighted by Crippen LogP contribution is 2.57. The van der Waals surface area contributed by atoms with E-state index >= 15 is 0 Å². The van der Waals surface area contributed by atoms with E-state index < -0.39 is 10.3 Å². The first-order valence-electron chi connectivity index (χ1n) is 10.3. The lowest BCUT2D eigenvalue weighted by molar-refractivity contribution is -0.140. The number of benzene rings is 1. The van der Waals surface area contributed by atoms with Crippen molar-refractivity contribution in [3.8, 4) is 0 Å². The van der Waals surface area contributed by atoms with Crippen LogP contribution >= 0.6 is 10.3 Å². The van der Waals surface area contributed by atoms with Crippen molar-refractivity contribution in [1.82, 2.24) is 4.90 Å². The molecular weight excluding hydrogens is 354 g/mol. The molecule has 2 rings (SSSR count). The second-order valence-corrected chi connectivity index (χ2v) is 13.4. The Morgan fingerprint density at radius 3 is 2.44 bits per heavy atom. The molecule has 0 spiro atoms. The Bertz CT molecular complexity index is 627. The first-order chi connectivity index (χ1) is 12.5. The summed E-state index contributed by atoms with van der Waals surface area (Å²) < 4.78 is 6.69. The lowest BCUT2D eigenvalue weighted by atomic mass is 9.78. The third-order valence-corrected chi connectivity index (χ3v) is 10.8. The summed E-state index contributed by atoms with van der Waals surface area (Å²) in [6.45, 7) is 15.2. The van der Waals surface area contributed by atoms with Crippen LogP contribution in [0.15, 0.2) is 30.3 Å². The molecule has 0 aromatic heterocycles. The van der Waals surface area contributed by atoms with Gasteiger partial charge < -0.3 is 9.08 Å². The molecule has 3 atom stereocenters. The molecule has 1 amide bonds. The topological polar surface area (TPSA) is 29.5 Å². The predicted molar refractivity (Wildman–Crippen MR) is 118 cm³/mol. The monoisotopic (exact) mass is 393 g/mol. The van der Waals surface area contributed by atoms with Gasteiger partial charge in [0.15, 0.2) is 0 Å². The molecule has 4 heteroatoms. The van der Waals surface area contributed by atoms with Gasteiger partial charge in [-0.1, -0.05) is 65.0 Å². The average Bonchev–Trinajstić information content (AvgIpc) is 2.63. The van der Waals surface area contributed by atoms with E-state index in [0.717, 1.165) is 31.7 Å². The zero-order valence-electron chi connectivity index (χ0n) is 18.4. The fraction of sp³-hybridized carbons (Fsp3) is 0.696. The molecule has 3 nitrogen and oxygen atoms in total. The molecule has 1 unspecified atom stereocenters. The summed E-state index contributed by atoms with van der Waals surface area (Å²) >= 11 is 0. The summed E-state index contributed by atoms with van der Waals surface area (Å²) in [5, 5.41) is 0. The molecule has 0 N–H and O–H groups in total. The number of likely N-dealkylation sites (tertiary alicyclic amines) is 1. The second kappa shape index (κ2) is 8.57. The third-order valence-electron chi connectivity index (χ3n) is 6.46. The van der Waals surface area contributed by atoms with Crippen molar-refractivity contribution in [3.63, 3.8) is 0 Å². The normalized spacial score (nSPS) is 25.7. The Kier molecular flexibility index (Phi) is 7.07. The van der Waals surface area contributed by atoms with Gasteiger partial charge in [-0.15, -0.1) is 10.3 Å². The van der Waals surface area contributed by atoms with Crippen molar-refractivity contribution in [2.75, 3.05) is 25.2 Å². The maximum atomic E-state index is 12.6. The third kappa shape index (κ3) is 5.29. The number of carbonyl (C=O) groups excluding carboxylic acids is 1. The van der Waals surface area contributed by atoms with Crippen LogP contribution < -0.4 is 0 Å². The molecule has 0 saturated carbocycles. The summed E-state index contributed by atoms with van der Waals surface area (Å²) in [6.07, 6.45) is 4.92. The first kappa shape index (κ1) is 22.3. The molecule has 1 fully saturated rings. The average molecular weight is 394 g/mol. The molecule has 1 saturated heterocycles. The molecular formula is C23H39NO2S. The Labute approximate surface area is 168 Å². The van der Waals surface area contributed by atoms with Crippen molar-refractivity contribution in [1.29, 1.82) is 0 Å². The highest BCUT2D eigenvalue weighted by Gasteiger charge is 2.38. The van der Waals surface area contributed by atoms with Gasteiger partial charge in [0.1, 0.15) is 0 Å². The summed E-state index contributed by atoms with van der Waals surface area (Å²) in [7, 11) is -1.08. The van der Waals surface area contributed by atoms with Crippen LogP contribution in [0, 0.1) is 5.41 Å². The van der Waals surface area contributed by atoms with Crippen LogP contribution in [0.2, 0.25) is 0 Å². The number of rotatable bonds is 7. The van der Waals surface area contributed by atoms with Crippen LogP contribution in [0.5, 0.6) is 0 Å². The molecule has 1 aliphatic rings. The maximum Gasteiger partial charge on any atom is 0.223 e. The van der Waals surface area contributed by atoms with Crippen LogP contribution in [-0.2, 0) is 8.98 Å². The van der Waals surface area contributed by atoms with Gasteiger partial charge in [-0.25, -0.2) is 0 Å². The second-order valence-electron chi connectivity index (χ2n) is 9.40. The Morgan fingerprint density at radius 2 is 1.89 bits per heavy atom. The highest BCUT2D eigenvalue weighted by atomic mass is 32.3. The molecule has 1 heterocycles. The lowest BCUT2D eigenvalue weighted by Gasteiger charge is -2.48. The lowest BCUT2D eigenvalue weighted by Crippen LogP contribution is -2.46. The van der Waals surface area contributed by atoms with Crippen molar-refractivity contribution in [2.45, 2.75) is 71.6 Å². The number of amides is 1. The summed E-state index contributed by atoms with van der Waals surface area (Å²) in [6, 6.07) is 10.5. The quantitative estimate of drug-likeness (QED) is 0.573. The molecule has 1 aromatic rings. The predicted octanol–water partition coefficient (Wildman–Crippen LogP) is 5.95. The van der Waals surface area contributed by atoms with Gasteiger partial charge in [-0.05, 0) is 42.8 Å². The van der Waals surface area contributed by atoms with Crippen molar-refractivity contribution in [2.24, 2.45) is 5.41 Å². The van der Waals surface area contributed by atoms with E-state index in [1.807, 2.05) is 18.2 Å².